The third-order valence-corrected chi connectivity index (χ3v) is 3.24. The fraction of sp³-hybridized carbons (Fsp3) is 0.267. The number of amides is 2. The van der Waals surface area contributed by atoms with E-state index in [0.717, 1.165) is 11.6 Å². The number of nitrogens with one attached hydrogen (secondary N) is 2. The van der Waals surface area contributed by atoms with Crippen molar-refractivity contribution in [1.82, 2.24) is 10.6 Å². The van der Waals surface area contributed by atoms with Crippen LogP contribution in [0.4, 0.5) is 0 Å². The first kappa shape index (κ1) is 14.8. The second kappa shape index (κ2) is 6.21. The van der Waals surface area contributed by atoms with Crippen molar-refractivity contribution in [2.45, 2.75) is 19.4 Å². The molecule has 110 valence electrons. The molecule has 0 bridgehead atoms. The molecule has 1 fully saturated rings. The summed E-state index contributed by atoms with van der Waals surface area (Å²) < 4.78 is 0. The molecule has 1 aromatic carbocycles. The van der Waals surface area contributed by atoms with E-state index in [2.05, 4.69) is 10.6 Å². The highest BCUT2D eigenvalue weighted by molar-refractivity contribution is 5.97. The largest absolute Gasteiger partial charge is 0.478 e. The Morgan fingerprint density at radius 1 is 1.43 bits per heavy atom. The van der Waals surface area contributed by atoms with E-state index in [9.17, 15) is 14.4 Å². The predicted octanol–water partition coefficient (Wildman–Crippen LogP) is 0.711. The Labute approximate surface area is 121 Å². The molecule has 0 spiro atoms. The number of aliphatic carboxylic acids is 1. The second-order valence-electron chi connectivity index (χ2n) is 4.92. The fourth-order valence-corrected chi connectivity index (χ4v) is 2.13. The van der Waals surface area contributed by atoms with Gasteiger partial charge in [-0.2, -0.15) is 0 Å². The molecule has 3 N–H and O–H groups in total. The van der Waals surface area contributed by atoms with Crippen LogP contribution in [0.5, 0.6) is 0 Å². The van der Waals surface area contributed by atoms with Crippen molar-refractivity contribution in [3.8, 4) is 0 Å². The van der Waals surface area contributed by atoms with Gasteiger partial charge in [0.25, 0.3) is 5.91 Å². The molecular formula is C15H16N2O4. The van der Waals surface area contributed by atoms with Gasteiger partial charge in [-0.25, -0.2) is 4.79 Å². The average Bonchev–Trinajstić information content (AvgIpc) is 2.83. The molecule has 1 aromatic rings. The van der Waals surface area contributed by atoms with Gasteiger partial charge in [-0.05, 0) is 30.2 Å². The SMILES string of the molecule is Cc1ccc(/C=C/C(=O)O)cc1C(=O)NC1CNC(=O)C1. The van der Waals surface area contributed by atoms with Crippen molar-refractivity contribution in [2.75, 3.05) is 6.54 Å². The molecule has 0 aromatic heterocycles. The van der Waals surface area contributed by atoms with Crippen LogP contribution in [0.15, 0.2) is 24.3 Å². The first-order valence-corrected chi connectivity index (χ1v) is 6.55. The number of carbonyl (C=O) groups is 3. The first-order chi connectivity index (χ1) is 9.95. The van der Waals surface area contributed by atoms with Gasteiger partial charge in [-0.3, -0.25) is 9.59 Å². The maximum atomic E-state index is 12.2. The lowest BCUT2D eigenvalue weighted by Crippen LogP contribution is -2.36. The van der Waals surface area contributed by atoms with Crippen LogP contribution in [-0.2, 0) is 9.59 Å². The van der Waals surface area contributed by atoms with Crippen molar-refractivity contribution in [1.29, 1.82) is 0 Å². The summed E-state index contributed by atoms with van der Waals surface area (Å²) in [6.45, 7) is 2.24. The number of carbonyl (C=O) groups excluding carboxylic acids is 2. The Morgan fingerprint density at radius 2 is 2.19 bits per heavy atom. The van der Waals surface area contributed by atoms with Gasteiger partial charge >= 0.3 is 5.97 Å². The van der Waals surface area contributed by atoms with Crippen molar-refractivity contribution in [3.63, 3.8) is 0 Å². The van der Waals surface area contributed by atoms with E-state index in [1.165, 1.54) is 6.08 Å². The van der Waals surface area contributed by atoms with Crippen LogP contribution in [0.2, 0.25) is 0 Å². The Bertz CT molecular complexity index is 622. The molecule has 1 atom stereocenters. The summed E-state index contributed by atoms with van der Waals surface area (Å²) in [5.74, 6) is -1.38. The number of hydrogen-bond donors (Lipinski definition) is 3. The van der Waals surface area contributed by atoms with Crippen LogP contribution >= 0.6 is 0 Å². The van der Waals surface area contributed by atoms with Crippen molar-refractivity contribution < 1.29 is 19.5 Å². The van der Waals surface area contributed by atoms with Gasteiger partial charge in [0.15, 0.2) is 0 Å². The maximum Gasteiger partial charge on any atom is 0.328 e. The quantitative estimate of drug-likeness (QED) is 0.711. The van der Waals surface area contributed by atoms with Gasteiger partial charge in [-0.1, -0.05) is 12.1 Å². The minimum atomic E-state index is -1.04. The Kier molecular flexibility index (Phi) is 4.37. The topological polar surface area (TPSA) is 95.5 Å². The van der Waals surface area contributed by atoms with Gasteiger partial charge in [0.05, 0.1) is 6.04 Å². The van der Waals surface area contributed by atoms with Gasteiger partial charge in [0.2, 0.25) is 5.91 Å². The number of rotatable bonds is 4. The third kappa shape index (κ3) is 3.92. The Balaban J connectivity index is 2.14. The van der Waals surface area contributed by atoms with E-state index in [0.29, 0.717) is 17.7 Å². The molecule has 2 rings (SSSR count). The zero-order valence-electron chi connectivity index (χ0n) is 11.6. The highest BCUT2D eigenvalue weighted by atomic mass is 16.4. The van der Waals surface area contributed by atoms with Gasteiger partial charge in [0.1, 0.15) is 0 Å². The van der Waals surface area contributed by atoms with Crippen LogP contribution in [0, 0.1) is 6.92 Å². The fourth-order valence-electron chi connectivity index (χ4n) is 2.13. The summed E-state index contributed by atoms with van der Waals surface area (Å²) in [6, 6.07) is 4.93. The number of benzene rings is 1. The number of aryl methyl sites for hydroxylation is 1. The molecule has 0 saturated carbocycles. The zero-order chi connectivity index (χ0) is 15.4. The van der Waals surface area contributed by atoms with Gasteiger partial charge in [0, 0.05) is 24.6 Å². The van der Waals surface area contributed by atoms with Gasteiger partial charge in [-0.15, -0.1) is 0 Å². The van der Waals surface area contributed by atoms with Crippen LogP contribution in [0.3, 0.4) is 0 Å². The lowest BCUT2D eigenvalue weighted by molar-refractivity contribution is -0.131. The van der Waals surface area contributed by atoms with Crippen LogP contribution in [-0.4, -0.2) is 35.5 Å². The molecule has 1 aliphatic heterocycles. The monoisotopic (exact) mass is 288 g/mol. The predicted molar refractivity (Wildman–Crippen MR) is 76.7 cm³/mol. The highest BCUT2D eigenvalue weighted by Gasteiger charge is 2.23. The maximum absolute atomic E-state index is 12.2. The molecule has 0 aliphatic carbocycles. The van der Waals surface area contributed by atoms with E-state index >= 15 is 0 Å². The molecule has 6 nitrogen and oxygen atoms in total. The molecule has 2 amide bonds. The molecule has 1 aliphatic rings. The molecule has 1 saturated heterocycles. The van der Waals surface area contributed by atoms with Crippen LogP contribution < -0.4 is 10.6 Å². The number of carboxylic acids is 1. The van der Waals surface area contributed by atoms with Crippen LogP contribution in [0.25, 0.3) is 6.08 Å². The number of carboxylic acid groups (broad SMARTS) is 1. The van der Waals surface area contributed by atoms with Gasteiger partial charge < -0.3 is 15.7 Å². The number of hydrogen-bond acceptors (Lipinski definition) is 3. The first-order valence-electron chi connectivity index (χ1n) is 6.55. The minimum absolute atomic E-state index is 0.0739. The smallest absolute Gasteiger partial charge is 0.328 e. The standard InChI is InChI=1S/C15H16N2O4/c1-9-2-3-10(4-5-14(19)20)6-12(9)15(21)17-11-7-13(18)16-8-11/h2-6,11H,7-8H2,1H3,(H,16,18)(H,17,21)(H,19,20)/b5-4+. The van der Waals surface area contributed by atoms with Crippen LogP contribution in [0.1, 0.15) is 27.9 Å². The molecule has 6 heteroatoms. The van der Waals surface area contributed by atoms with E-state index in [4.69, 9.17) is 5.11 Å². The molecule has 21 heavy (non-hydrogen) atoms. The summed E-state index contributed by atoms with van der Waals surface area (Å²) in [6.07, 6.45) is 2.73. The summed E-state index contributed by atoms with van der Waals surface area (Å²) >= 11 is 0. The van der Waals surface area contributed by atoms with E-state index in [-0.39, 0.29) is 24.3 Å². The Hall–Kier alpha value is -2.63. The zero-order valence-corrected chi connectivity index (χ0v) is 11.6. The summed E-state index contributed by atoms with van der Waals surface area (Å²) in [5, 5.41) is 14.1. The molecule has 0 radical (unpaired) electrons. The molecular weight excluding hydrogens is 272 g/mol. The Morgan fingerprint density at radius 3 is 2.81 bits per heavy atom. The lowest BCUT2D eigenvalue weighted by Gasteiger charge is -2.12. The van der Waals surface area contributed by atoms with E-state index in [1.54, 1.807) is 25.1 Å². The lowest BCUT2D eigenvalue weighted by atomic mass is 10.0. The van der Waals surface area contributed by atoms with E-state index in [1.807, 2.05) is 0 Å². The average molecular weight is 288 g/mol. The summed E-state index contributed by atoms with van der Waals surface area (Å²) in [7, 11) is 0. The van der Waals surface area contributed by atoms with Crippen molar-refractivity contribution in [3.05, 3.63) is 41.0 Å². The molecule has 1 heterocycles. The highest BCUT2D eigenvalue weighted by Crippen LogP contribution is 2.13. The second-order valence-corrected chi connectivity index (χ2v) is 4.92. The normalized spacial score (nSPS) is 17.8. The summed E-state index contributed by atoms with van der Waals surface area (Å²) in [5.41, 5.74) is 1.90. The minimum Gasteiger partial charge on any atom is -0.478 e. The van der Waals surface area contributed by atoms with E-state index < -0.39 is 5.97 Å². The summed E-state index contributed by atoms with van der Waals surface area (Å²) in [4.78, 5) is 33.9. The van der Waals surface area contributed by atoms with Crippen molar-refractivity contribution in [2.24, 2.45) is 0 Å². The van der Waals surface area contributed by atoms with Crippen molar-refractivity contribution >= 4 is 23.9 Å². The third-order valence-electron chi connectivity index (χ3n) is 3.24. The molecule has 1 unspecified atom stereocenters.